The van der Waals surface area contributed by atoms with Crippen molar-refractivity contribution in [3.63, 3.8) is 0 Å². The van der Waals surface area contributed by atoms with Gasteiger partial charge in [-0.15, -0.1) is 0 Å². The van der Waals surface area contributed by atoms with E-state index in [1.165, 1.54) is 6.07 Å². The predicted octanol–water partition coefficient (Wildman–Crippen LogP) is 2.12. The molecule has 3 rings (SSSR count). The third kappa shape index (κ3) is 1.43. The minimum Gasteiger partial charge on any atom is -0.504 e. The molecular formula is C14H11NO3. The highest BCUT2D eigenvalue weighted by Crippen LogP contribution is 2.47. The van der Waals surface area contributed by atoms with E-state index >= 15 is 0 Å². The summed E-state index contributed by atoms with van der Waals surface area (Å²) in [5, 5.41) is 9.80. The maximum atomic E-state index is 11.7. The van der Waals surface area contributed by atoms with Crippen molar-refractivity contribution in [3.05, 3.63) is 53.6 Å². The molecule has 18 heavy (non-hydrogen) atoms. The summed E-state index contributed by atoms with van der Waals surface area (Å²) in [5.41, 5.74) is 6.79. The quantitative estimate of drug-likeness (QED) is 0.803. The maximum Gasteiger partial charge on any atom is 0.229 e. The summed E-state index contributed by atoms with van der Waals surface area (Å²) in [6, 6.07) is 12.1. The van der Waals surface area contributed by atoms with Crippen LogP contribution in [0.25, 0.3) is 0 Å². The van der Waals surface area contributed by atoms with E-state index in [-0.39, 0.29) is 5.75 Å². The van der Waals surface area contributed by atoms with E-state index in [0.29, 0.717) is 17.1 Å². The van der Waals surface area contributed by atoms with E-state index in [2.05, 4.69) is 0 Å². The largest absolute Gasteiger partial charge is 0.504 e. The van der Waals surface area contributed by atoms with Crippen LogP contribution in [0.3, 0.4) is 0 Å². The molecule has 0 saturated carbocycles. The Morgan fingerprint density at radius 2 is 1.83 bits per heavy atom. The summed E-state index contributed by atoms with van der Waals surface area (Å²) in [7, 11) is 0. The zero-order chi connectivity index (χ0) is 12.7. The van der Waals surface area contributed by atoms with Crippen molar-refractivity contribution in [1.82, 2.24) is 0 Å². The van der Waals surface area contributed by atoms with Gasteiger partial charge in [0.15, 0.2) is 11.5 Å². The number of para-hydroxylation sites is 2. The van der Waals surface area contributed by atoms with Crippen molar-refractivity contribution in [3.8, 4) is 17.2 Å². The Morgan fingerprint density at radius 3 is 2.61 bits per heavy atom. The van der Waals surface area contributed by atoms with Crippen molar-refractivity contribution < 1.29 is 14.6 Å². The minimum absolute atomic E-state index is 0.00764. The summed E-state index contributed by atoms with van der Waals surface area (Å²) < 4.78 is 5.63. The van der Waals surface area contributed by atoms with Crippen LogP contribution in [0.2, 0.25) is 0 Å². The van der Waals surface area contributed by atoms with E-state index in [0.717, 1.165) is 5.56 Å². The summed E-state index contributed by atoms with van der Waals surface area (Å²) in [6.45, 7) is 0. The molecule has 0 spiro atoms. The summed E-state index contributed by atoms with van der Waals surface area (Å²) in [6.07, 6.45) is 0. The van der Waals surface area contributed by atoms with Crippen molar-refractivity contribution in [2.45, 2.75) is 5.92 Å². The molecule has 1 atom stereocenters. The molecule has 4 nitrogen and oxygen atoms in total. The molecule has 90 valence electrons. The number of phenols is 1. The van der Waals surface area contributed by atoms with Gasteiger partial charge in [-0.3, -0.25) is 4.79 Å². The Bertz CT molecular complexity index is 637. The highest BCUT2D eigenvalue weighted by atomic mass is 16.5. The van der Waals surface area contributed by atoms with E-state index < -0.39 is 11.8 Å². The second kappa shape index (κ2) is 3.77. The van der Waals surface area contributed by atoms with Crippen LogP contribution in [0.15, 0.2) is 42.5 Å². The number of benzene rings is 2. The zero-order valence-corrected chi connectivity index (χ0v) is 9.46. The number of aromatic hydroxyl groups is 1. The van der Waals surface area contributed by atoms with Gasteiger partial charge >= 0.3 is 0 Å². The number of primary amides is 1. The van der Waals surface area contributed by atoms with Crippen LogP contribution in [0.4, 0.5) is 0 Å². The molecule has 1 unspecified atom stereocenters. The molecule has 3 N–H and O–H groups in total. The second-order valence-corrected chi connectivity index (χ2v) is 4.17. The van der Waals surface area contributed by atoms with Crippen LogP contribution in [-0.4, -0.2) is 11.0 Å². The van der Waals surface area contributed by atoms with Crippen molar-refractivity contribution in [2.24, 2.45) is 5.73 Å². The first-order valence-electron chi connectivity index (χ1n) is 5.56. The molecule has 0 aliphatic carbocycles. The lowest BCUT2D eigenvalue weighted by Gasteiger charge is -2.26. The van der Waals surface area contributed by atoms with E-state index in [1.54, 1.807) is 24.3 Å². The van der Waals surface area contributed by atoms with Crippen LogP contribution >= 0.6 is 0 Å². The number of fused-ring (bicyclic) bond motifs is 2. The molecule has 0 aromatic heterocycles. The molecule has 0 bridgehead atoms. The Morgan fingerprint density at radius 1 is 1.11 bits per heavy atom. The first-order chi connectivity index (χ1) is 8.68. The van der Waals surface area contributed by atoms with Gasteiger partial charge < -0.3 is 15.6 Å². The zero-order valence-electron chi connectivity index (χ0n) is 9.46. The molecular weight excluding hydrogens is 230 g/mol. The van der Waals surface area contributed by atoms with Gasteiger partial charge in [-0.2, -0.15) is 0 Å². The van der Waals surface area contributed by atoms with Crippen LogP contribution in [0.5, 0.6) is 17.2 Å². The fourth-order valence-electron chi connectivity index (χ4n) is 2.28. The SMILES string of the molecule is NC(=O)C1c2ccccc2Oc2c(O)cccc21. The van der Waals surface area contributed by atoms with Crippen molar-refractivity contribution >= 4 is 5.91 Å². The number of ether oxygens (including phenoxy) is 1. The Labute approximate surface area is 104 Å². The predicted molar refractivity (Wildman–Crippen MR) is 65.7 cm³/mol. The Balaban J connectivity index is 2.27. The lowest BCUT2D eigenvalue weighted by molar-refractivity contribution is -0.118. The van der Waals surface area contributed by atoms with Gasteiger partial charge in [-0.05, 0) is 12.1 Å². The van der Waals surface area contributed by atoms with Gasteiger partial charge in [0.25, 0.3) is 0 Å². The highest BCUT2D eigenvalue weighted by Gasteiger charge is 2.32. The van der Waals surface area contributed by atoms with Gasteiger partial charge in [-0.1, -0.05) is 30.3 Å². The topological polar surface area (TPSA) is 72.6 Å². The van der Waals surface area contributed by atoms with Gasteiger partial charge in [0.1, 0.15) is 5.75 Å². The number of phenolic OH excluding ortho intramolecular Hbond substituents is 1. The average molecular weight is 241 g/mol. The Kier molecular flexibility index (Phi) is 2.23. The van der Waals surface area contributed by atoms with Crippen LogP contribution in [-0.2, 0) is 4.79 Å². The van der Waals surface area contributed by atoms with E-state index in [9.17, 15) is 9.90 Å². The molecule has 1 amide bonds. The van der Waals surface area contributed by atoms with Crippen molar-refractivity contribution in [1.29, 1.82) is 0 Å². The first kappa shape index (κ1) is 10.7. The number of hydrogen-bond donors (Lipinski definition) is 2. The summed E-state index contributed by atoms with van der Waals surface area (Å²) >= 11 is 0. The molecule has 0 radical (unpaired) electrons. The minimum atomic E-state index is -0.586. The summed E-state index contributed by atoms with van der Waals surface area (Å²) in [4.78, 5) is 11.7. The Hall–Kier alpha value is -2.49. The number of nitrogens with two attached hydrogens (primary N) is 1. The molecule has 4 heteroatoms. The molecule has 2 aromatic rings. The number of rotatable bonds is 1. The molecule has 0 saturated heterocycles. The number of carbonyl (C=O) groups excluding carboxylic acids is 1. The maximum absolute atomic E-state index is 11.7. The summed E-state index contributed by atoms with van der Waals surface area (Å²) in [5.74, 6) is -0.182. The number of carbonyl (C=O) groups is 1. The highest BCUT2D eigenvalue weighted by molar-refractivity contribution is 5.88. The van der Waals surface area contributed by atoms with Gasteiger partial charge in [0.05, 0.1) is 5.92 Å². The number of hydrogen-bond acceptors (Lipinski definition) is 3. The standard InChI is InChI=1S/C14H11NO3/c15-14(17)12-8-4-1-2-7-11(8)18-13-9(12)5-3-6-10(13)16/h1-7,12,16H,(H2,15,17). The van der Waals surface area contributed by atoms with Crippen LogP contribution < -0.4 is 10.5 Å². The molecule has 0 fully saturated rings. The fourth-order valence-corrected chi connectivity index (χ4v) is 2.28. The second-order valence-electron chi connectivity index (χ2n) is 4.17. The van der Waals surface area contributed by atoms with Gasteiger partial charge in [0, 0.05) is 11.1 Å². The molecule has 1 heterocycles. The monoisotopic (exact) mass is 241 g/mol. The normalized spacial score (nSPS) is 16.3. The third-order valence-electron chi connectivity index (χ3n) is 3.06. The lowest BCUT2D eigenvalue weighted by Crippen LogP contribution is -2.25. The lowest BCUT2D eigenvalue weighted by atomic mass is 9.87. The van der Waals surface area contributed by atoms with Crippen LogP contribution in [0.1, 0.15) is 17.0 Å². The molecule has 2 aromatic carbocycles. The van der Waals surface area contributed by atoms with Gasteiger partial charge in [-0.25, -0.2) is 0 Å². The smallest absolute Gasteiger partial charge is 0.229 e. The average Bonchev–Trinajstić information content (AvgIpc) is 2.36. The van der Waals surface area contributed by atoms with Crippen molar-refractivity contribution in [2.75, 3.05) is 0 Å². The first-order valence-corrected chi connectivity index (χ1v) is 5.56. The van der Waals surface area contributed by atoms with E-state index in [1.807, 2.05) is 12.1 Å². The number of amides is 1. The van der Waals surface area contributed by atoms with Crippen LogP contribution in [0, 0.1) is 0 Å². The fraction of sp³-hybridized carbons (Fsp3) is 0.0714. The van der Waals surface area contributed by atoms with E-state index in [4.69, 9.17) is 10.5 Å². The molecule has 1 aliphatic rings. The molecule has 1 aliphatic heterocycles. The van der Waals surface area contributed by atoms with Gasteiger partial charge in [0.2, 0.25) is 5.91 Å². The third-order valence-corrected chi connectivity index (χ3v) is 3.06.